The van der Waals surface area contributed by atoms with Crippen molar-refractivity contribution in [3.05, 3.63) is 0 Å². The maximum Gasteiger partial charge on any atom is 0.252 e. The molecule has 0 bridgehead atoms. The van der Waals surface area contributed by atoms with Gasteiger partial charge in [0.05, 0.1) is 0 Å². The van der Waals surface area contributed by atoms with Gasteiger partial charge in [-0.3, -0.25) is 4.79 Å². The van der Waals surface area contributed by atoms with Gasteiger partial charge in [0.1, 0.15) is 5.60 Å². The number of nitrogens with one attached hydrogen (secondary N) is 2. The van der Waals surface area contributed by atoms with Crippen molar-refractivity contribution >= 4 is 5.91 Å². The molecule has 2 N–H and O–H groups in total. The van der Waals surface area contributed by atoms with E-state index in [1.54, 1.807) is 7.11 Å². The summed E-state index contributed by atoms with van der Waals surface area (Å²) in [5.41, 5.74) is -0.601. The molecule has 2 aliphatic rings. The summed E-state index contributed by atoms with van der Waals surface area (Å²) in [7, 11) is 1.65. The van der Waals surface area contributed by atoms with E-state index in [0.29, 0.717) is 0 Å². The molecule has 5 heteroatoms. The van der Waals surface area contributed by atoms with E-state index in [1.165, 1.54) is 32.4 Å². The highest BCUT2D eigenvalue weighted by atomic mass is 16.5. The number of rotatable bonds is 6. The van der Waals surface area contributed by atoms with Crippen molar-refractivity contribution < 1.29 is 9.53 Å². The zero-order chi connectivity index (χ0) is 14.3. The molecule has 0 aromatic carbocycles. The number of carbonyl (C=O) groups is 1. The Morgan fingerprint density at radius 2 is 1.95 bits per heavy atom. The Bertz CT molecular complexity index is 297. The summed E-state index contributed by atoms with van der Waals surface area (Å²) < 4.78 is 5.53. The van der Waals surface area contributed by atoms with Gasteiger partial charge in [-0.15, -0.1) is 0 Å². The largest absolute Gasteiger partial charge is 0.368 e. The Kier molecular flexibility index (Phi) is 6.26. The number of piperidine rings is 2. The average Bonchev–Trinajstić information content (AvgIpc) is 2.53. The molecular weight excluding hydrogens is 254 g/mol. The normalized spacial score (nSPS) is 23.4. The third-order valence-electron chi connectivity index (χ3n) is 4.60. The lowest BCUT2D eigenvalue weighted by atomic mass is 9.91. The highest BCUT2D eigenvalue weighted by molar-refractivity contribution is 5.85. The van der Waals surface area contributed by atoms with E-state index in [0.717, 1.165) is 45.4 Å². The topological polar surface area (TPSA) is 53.6 Å². The minimum Gasteiger partial charge on any atom is -0.368 e. The van der Waals surface area contributed by atoms with E-state index in [-0.39, 0.29) is 5.91 Å². The molecule has 0 unspecified atom stereocenters. The van der Waals surface area contributed by atoms with Crippen molar-refractivity contribution in [1.29, 1.82) is 0 Å². The van der Waals surface area contributed by atoms with Crippen LogP contribution in [0.5, 0.6) is 0 Å². The van der Waals surface area contributed by atoms with Crippen LogP contribution in [0.4, 0.5) is 0 Å². The minimum atomic E-state index is -0.601. The van der Waals surface area contributed by atoms with Gasteiger partial charge in [0.15, 0.2) is 0 Å². The average molecular weight is 283 g/mol. The van der Waals surface area contributed by atoms with Crippen LogP contribution >= 0.6 is 0 Å². The highest BCUT2D eigenvalue weighted by Gasteiger charge is 2.39. The smallest absolute Gasteiger partial charge is 0.252 e. The van der Waals surface area contributed by atoms with Gasteiger partial charge < -0.3 is 20.3 Å². The molecule has 0 aromatic rings. The molecule has 20 heavy (non-hydrogen) atoms. The van der Waals surface area contributed by atoms with Crippen molar-refractivity contribution in [3.8, 4) is 0 Å². The van der Waals surface area contributed by atoms with Crippen LogP contribution in [0.3, 0.4) is 0 Å². The molecule has 2 fully saturated rings. The van der Waals surface area contributed by atoms with Gasteiger partial charge >= 0.3 is 0 Å². The molecule has 0 radical (unpaired) electrons. The van der Waals surface area contributed by atoms with E-state index < -0.39 is 5.60 Å². The fraction of sp³-hybridized carbons (Fsp3) is 0.933. The van der Waals surface area contributed by atoms with E-state index in [1.807, 2.05) is 0 Å². The van der Waals surface area contributed by atoms with Crippen molar-refractivity contribution in [2.75, 3.05) is 46.4 Å². The van der Waals surface area contributed by atoms with Crippen molar-refractivity contribution in [3.63, 3.8) is 0 Å². The number of amides is 1. The second-order valence-corrected chi connectivity index (χ2v) is 5.96. The molecule has 0 aromatic heterocycles. The molecule has 5 nitrogen and oxygen atoms in total. The van der Waals surface area contributed by atoms with E-state index in [9.17, 15) is 4.79 Å². The number of methoxy groups -OCH3 is 1. The van der Waals surface area contributed by atoms with Gasteiger partial charge in [-0.25, -0.2) is 0 Å². The van der Waals surface area contributed by atoms with Crippen LogP contribution in [-0.2, 0) is 9.53 Å². The number of carbonyl (C=O) groups excluding carboxylic acids is 1. The van der Waals surface area contributed by atoms with Gasteiger partial charge in [0, 0.05) is 13.7 Å². The lowest BCUT2D eigenvalue weighted by Crippen LogP contribution is -2.54. The van der Waals surface area contributed by atoms with Crippen LogP contribution in [-0.4, -0.2) is 62.8 Å². The molecule has 0 aliphatic carbocycles. The summed E-state index contributed by atoms with van der Waals surface area (Å²) in [5.74, 6) is 0.0696. The van der Waals surface area contributed by atoms with Gasteiger partial charge in [0.25, 0.3) is 5.91 Å². The fourth-order valence-corrected chi connectivity index (χ4v) is 3.20. The predicted molar refractivity (Wildman–Crippen MR) is 79.8 cm³/mol. The summed E-state index contributed by atoms with van der Waals surface area (Å²) in [6.45, 7) is 6.02. The Balaban J connectivity index is 1.65. The van der Waals surface area contributed by atoms with Crippen LogP contribution in [0.2, 0.25) is 0 Å². The zero-order valence-electron chi connectivity index (χ0n) is 12.7. The van der Waals surface area contributed by atoms with Crippen LogP contribution in [0.1, 0.15) is 38.5 Å². The van der Waals surface area contributed by atoms with Gasteiger partial charge in [-0.2, -0.15) is 0 Å². The first-order valence-corrected chi connectivity index (χ1v) is 8.03. The minimum absolute atomic E-state index is 0.0696. The predicted octanol–water partition coefficient (Wildman–Crippen LogP) is 0.747. The van der Waals surface area contributed by atoms with Crippen molar-refractivity contribution in [2.24, 2.45) is 0 Å². The van der Waals surface area contributed by atoms with Crippen LogP contribution in [0, 0.1) is 0 Å². The van der Waals surface area contributed by atoms with E-state index in [2.05, 4.69) is 15.5 Å². The Morgan fingerprint density at radius 1 is 1.25 bits per heavy atom. The van der Waals surface area contributed by atoms with Gasteiger partial charge in [-0.1, -0.05) is 6.42 Å². The number of ether oxygens (including phenoxy) is 1. The van der Waals surface area contributed by atoms with E-state index >= 15 is 0 Å². The molecule has 2 rings (SSSR count). The zero-order valence-corrected chi connectivity index (χ0v) is 12.7. The first kappa shape index (κ1) is 15.7. The molecule has 2 saturated heterocycles. The molecule has 0 atom stereocenters. The Hall–Kier alpha value is -0.650. The molecule has 2 aliphatic heterocycles. The summed E-state index contributed by atoms with van der Waals surface area (Å²) in [6.07, 6.45) is 6.59. The number of nitrogens with zero attached hydrogens (tertiary/aromatic N) is 1. The van der Waals surface area contributed by atoms with Crippen LogP contribution in [0.15, 0.2) is 0 Å². The van der Waals surface area contributed by atoms with Gasteiger partial charge in [0.2, 0.25) is 0 Å². The molecule has 0 spiro atoms. The quantitative estimate of drug-likeness (QED) is 0.706. The maximum atomic E-state index is 12.3. The third-order valence-corrected chi connectivity index (χ3v) is 4.60. The Labute approximate surface area is 122 Å². The molecule has 1 amide bonds. The first-order chi connectivity index (χ1) is 9.77. The summed E-state index contributed by atoms with van der Waals surface area (Å²) in [6, 6.07) is 0. The number of likely N-dealkylation sites (tertiary alicyclic amines) is 1. The molecule has 0 saturated carbocycles. The first-order valence-electron chi connectivity index (χ1n) is 8.03. The molecule has 116 valence electrons. The molecule has 2 heterocycles. The van der Waals surface area contributed by atoms with Crippen LogP contribution in [0.25, 0.3) is 0 Å². The maximum absolute atomic E-state index is 12.3. The van der Waals surface area contributed by atoms with Gasteiger partial charge in [-0.05, 0) is 64.8 Å². The summed E-state index contributed by atoms with van der Waals surface area (Å²) in [5, 5.41) is 6.34. The SMILES string of the molecule is COC1(C(=O)NCCCN2CCCCC2)CCNCC1. The molecular formula is C15H29N3O2. The summed E-state index contributed by atoms with van der Waals surface area (Å²) >= 11 is 0. The van der Waals surface area contributed by atoms with E-state index in [4.69, 9.17) is 4.74 Å². The number of hydrogen-bond donors (Lipinski definition) is 2. The monoisotopic (exact) mass is 283 g/mol. The number of hydrogen-bond acceptors (Lipinski definition) is 4. The lowest BCUT2D eigenvalue weighted by Gasteiger charge is -2.34. The fourth-order valence-electron chi connectivity index (χ4n) is 3.20. The summed E-state index contributed by atoms with van der Waals surface area (Å²) in [4.78, 5) is 14.8. The third kappa shape index (κ3) is 4.17. The lowest BCUT2D eigenvalue weighted by molar-refractivity contribution is -0.146. The highest BCUT2D eigenvalue weighted by Crippen LogP contribution is 2.22. The Morgan fingerprint density at radius 3 is 2.60 bits per heavy atom. The second kappa shape index (κ2) is 7.96. The second-order valence-electron chi connectivity index (χ2n) is 5.96. The standard InChI is InChI=1S/C15H29N3O2/c1-20-15(6-9-16-10-7-15)14(19)17-8-5-13-18-11-3-2-4-12-18/h16H,2-13H2,1H3,(H,17,19). The van der Waals surface area contributed by atoms with Crippen LogP contribution < -0.4 is 10.6 Å². The van der Waals surface area contributed by atoms with Crippen molar-refractivity contribution in [2.45, 2.75) is 44.1 Å². The van der Waals surface area contributed by atoms with Crippen molar-refractivity contribution in [1.82, 2.24) is 15.5 Å².